The Kier molecular flexibility index (Phi) is 7.21. The average Bonchev–Trinajstić information content (AvgIpc) is 2.63. The largest absolute Gasteiger partial charge is 0.374 e. The molecular formula is C21H27N3O2. The van der Waals surface area contributed by atoms with E-state index in [4.69, 9.17) is 0 Å². The highest BCUT2D eigenvalue weighted by atomic mass is 16.2. The van der Waals surface area contributed by atoms with E-state index in [1.54, 1.807) is 12.1 Å². The van der Waals surface area contributed by atoms with Gasteiger partial charge in [-0.05, 0) is 43.2 Å². The first-order valence-corrected chi connectivity index (χ1v) is 8.99. The lowest BCUT2D eigenvalue weighted by Gasteiger charge is -2.22. The molecule has 0 spiro atoms. The van der Waals surface area contributed by atoms with Crippen LogP contribution in [0.4, 0.5) is 11.4 Å². The van der Waals surface area contributed by atoms with E-state index in [1.807, 2.05) is 49.4 Å². The van der Waals surface area contributed by atoms with Gasteiger partial charge in [0.15, 0.2) is 0 Å². The number of hydrogen-bond acceptors (Lipinski definition) is 3. The zero-order chi connectivity index (χ0) is 18.9. The Morgan fingerprint density at radius 3 is 2.15 bits per heavy atom. The van der Waals surface area contributed by atoms with E-state index in [0.29, 0.717) is 0 Å². The molecule has 2 aromatic carbocycles. The van der Waals surface area contributed by atoms with Crippen molar-refractivity contribution in [3.8, 4) is 0 Å². The van der Waals surface area contributed by atoms with Crippen molar-refractivity contribution in [1.29, 1.82) is 0 Å². The van der Waals surface area contributed by atoms with Crippen LogP contribution in [0.15, 0.2) is 54.6 Å². The van der Waals surface area contributed by atoms with E-state index in [9.17, 15) is 9.59 Å². The maximum absolute atomic E-state index is 12.6. The van der Waals surface area contributed by atoms with Gasteiger partial charge in [-0.1, -0.05) is 43.7 Å². The molecule has 3 N–H and O–H groups in total. The van der Waals surface area contributed by atoms with Gasteiger partial charge in [0.1, 0.15) is 6.04 Å². The van der Waals surface area contributed by atoms with Gasteiger partial charge in [-0.15, -0.1) is 0 Å². The highest BCUT2D eigenvalue weighted by Gasteiger charge is 2.18. The van der Waals surface area contributed by atoms with Crippen LogP contribution in [0.5, 0.6) is 0 Å². The lowest BCUT2D eigenvalue weighted by molar-refractivity contribution is -0.122. The number of rotatable bonds is 8. The summed E-state index contributed by atoms with van der Waals surface area (Å²) in [5, 5.41) is 9.05. The highest BCUT2D eigenvalue weighted by molar-refractivity contribution is 5.89. The predicted octanol–water partition coefficient (Wildman–Crippen LogP) is 4.10. The van der Waals surface area contributed by atoms with Crippen molar-refractivity contribution in [2.24, 2.45) is 0 Å². The molecule has 2 aromatic rings. The standard InChI is InChI=1S/C21H27N3O2/c1-4-8-20(17-9-6-5-7-10-17)24-21(26)15(2)22-18-11-13-19(14-12-18)23-16(3)25/h5-7,9-15,20,22H,4,8H2,1-3H3,(H,23,25)(H,24,26). The SMILES string of the molecule is CCCC(NC(=O)C(C)Nc1ccc(NC(C)=O)cc1)c1ccccc1. The third-order valence-electron chi connectivity index (χ3n) is 4.08. The predicted molar refractivity (Wildman–Crippen MR) is 106 cm³/mol. The molecule has 138 valence electrons. The first-order chi connectivity index (χ1) is 12.5. The minimum absolute atomic E-state index is 0.0140. The van der Waals surface area contributed by atoms with E-state index >= 15 is 0 Å². The Bertz CT molecular complexity index is 714. The van der Waals surface area contributed by atoms with E-state index < -0.39 is 0 Å². The summed E-state index contributed by atoms with van der Waals surface area (Å²) in [6, 6.07) is 17.0. The molecule has 5 nitrogen and oxygen atoms in total. The summed E-state index contributed by atoms with van der Waals surface area (Å²) in [4.78, 5) is 23.6. The Morgan fingerprint density at radius 2 is 1.58 bits per heavy atom. The molecular weight excluding hydrogens is 326 g/mol. The van der Waals surface area contributed by atoms with Crippen LogP contribution in [-0.4, -0.2) is 17.9 Å². The van der Waals surface area contributed by atoms with Crippen LogP contribution in [0.1, 0.15) is 45.2 Å². The molecule has 0 radical (unpaired) electrons. The third-order valence-corrected chi connectivity index (χ3v) is 4.08. The fourth-order valence-electron chi connectivity index (χ4n) is 2.76. The van der Waals surface area contributed by atoms with Crippen LogP contribution < -0.4 is 16.0 Å². The molecule has 5 heteroatoms. The molecule has 0 bridgehead atoms. The molecule has 2 unspecified atom stereocenters. The van der Waals surface area contributed by atoms with Crippen molar-refractivity contribution in [3.05, 3.63) is 60.2 Å². The van der Waals surface area contributed by atoms with Crippen molar-refractivity contribution in [3.63, 3.8) is 0 Å². The molecule has 0 aromatic heterocycles. The van der Waals surface area contributed by atoms with E-state index in [0.717, 1.165) is 29.8 Å². The minimum atomic E-state index is -0.371. The second-order valence-electron chi connectivity index (χ2n) is 6.39. The highest BCUT2D eigenvalue weighted by Crippen LogP contribution is 2.19. The van der Waals surface area contributed by atoms with Gasteiger partial charge in [-0.25, -0.2) is 0 Å². The summed E-state index contributed by atoms with van der Waals surface area (Å²) in [6.07, 6.45) is 1.89. The molecule has 26 heavy (non-hydrogen) atoms. The van der Waals surface area contributed by atoms with Crippen molar-refractivity contribution in [2.75, 3.05) is 10.6 Å². The number of carbonyl (C=O) groups is 2. The summed E-state index contributed by atoms with van der Waals surface area (Å²) in [7, 11) is 0. The normalized spacial score (nSPS) is 12.7. The van der Waals surface area contributed by atoms with Gasteiger partial charge in [0.25, 0.3) is 0 Å². The minimum Gasteiger partial charge on any atom is -0.374 e. The zero-order valence-electron chi connectivity index (χ0n) is 15.6. The Labute approximate surface area is 155 Å². The Hall–Kier alpha value is -2.82. The van der Waals surface area contributed by atoms with Crippen LogP contribution in [0.25, 0.3) is 0 Å². The van der Waals surface area contributed by atoms with Crippen molar-refractivity contribution in [1.82, 2.24) is 5.32 Å². The quantitative estimate of drug-likeness (QED) is 0.669. The summed E-state index contributed by atoms with van der Waals surface area (Å²) >= 11 is 0. The van der Waals surface area contributed by atoms with Crippen LogP contribution in [-0.2, 0) is 9.59 Å². The van der Waals surface area contributed by atoms with Gasteiger partial charge in [-0.2, -0.15) is 0 Å². The van der Waals surface area contributed by atoms with Gasteiger partial charge >= 0.3 is 0 Å². The summed E-state index contributed by atoms with van der Waals surface area (Å²) in [5.74, 6) is -0.153. The number of amides is 2. The molecule has 0 fully saturated rings. The van der Waals surface area contributed by atoms with Gasteiger partial charge in [0.05, 0.1) is 6.04 Å². The van der Waals surface area contributed by atoms with Gasteiger partial charge < -0.3 is 16.0 Å². The van der Waals surface area contributed by atoms with Crippen LogP contribution in [0.3, 0.4) is 0 Å². The first-order valence-electron chi connectivity index (χ1n) is 8.99. The van der Waals surface area contributed by atoms with E-state index in [1.165, 1.54) is 6.92 Å². The summed E-state index contributed by atoms with van der Waals surface area (Å²) in [6.45, 7) is 5.42. The molecule has 0 aliphatic rings. The third kappa shape index (κ3) is 5.92. The molecule has 0 heterocycles. The molecule has 0 saturated heterocycles. The molecule has 0 saturated carbocycles. The van der Waals surface area contributed by atoms with Crippen molar-refractivity contribution < 1.29 is 9.59 Å². The van der Waals surface area contributed by atoms with Crippen molar-refractivity contribution in [2.45, 2.75) is 45.7 Å². The lowest BCUT2D eigenvalue weighted by atomic mass is 10.0. The smallest absolute Gasteiger partial charge is 0.242 e. The second-order valence-corrected chi connectivity index (χ2v) is 6.39. The zero-order valence-corrected chi connectivity index (χ0v) is 15.6. The number of carbonyl (C=O) groups excluding carboxylic acids is 2. The molecule has 2 amide bonds. The number of anilines is 2. The maximum Gasteiger partial charge on any atom is 0.242 e. The lowest BCUT2D eigenvalue weighted by Crippen LogP contribution is -2.39. The van der Waals surface area contributed by atoms with E-state index in [2.05, 4.69) is 22.9 Å². The number of hydrogen-bond donors (Lipinski definition) is 3. The Morgan fingerprint density at radius 1 is 0.962 bits per heavy atom. The van der Waals surface area contributed by atoms with Gasteiger partial charge in [0, 0.05) is 18.3 Å². The molecule has 0 aliphatic heterocycles. The molecule has 2 rings (SSSR count). The van der Waals surface area contributed by atoms with Gasteiger partial charge in [0.2, 0.25) is 11.8 Å². The number of nitrogens with one attached hydrogen (secondary N) is 3. The van der Waals surface area contributed by atoms with E-state index in [-0.39, 0.29) is 23.9 Å². The number of benzene rings is 2. The van der Waals surface area contributed by atoms with Crippen LogP contribution in [0.2, 0.25) is 0 Å². The molecule has 0 aliphatic carbocycles. The summed E-state index contributed by atoms with van der Waals surface area (Å²) in [5.41, 5.74) is 2.68. The Balaban J connectivity index is 1.96. The van der Waals surface area contributed by atoms with Gasteiger partial charge in [-0.3, -0.25) is 9.59 Å². The topological polar surface area (TPSA) is 70.2 Å². The fraction of sp³-hybridized carbons (Fsp3) is 0.333. The monoisotopic (exact) mass is 353 g/mol. The van der Waals surface area contributed by atoms with Crippen molar-refractivity contribution >= 4 is 23.2 Å². The second kappa shape index (κ2) is 9.61. The maximum atomic E-state index is 12.6. The van der Waals surface area contributed by atoms with Crippen LogP contribution in [0, 0.1) is 0 Å². The van der Waals surface area contributed by atoms with Crippen LogP contribution >= 0.6 is 0 Å². The first kappa shape index (κ1) is 19.5. The fourth-order valence-corrected chi connectivity index (χ4v) is 2.76. The molecule has 2 atom stereocenters. The average molecular weight is 353 g/mol. The summed E-state index contributed by atoms with van der Waals surface area (Å²) < 4.78 is 0.